The Kier molecular flexibility index (Phi) is 5.22. The molecule has 0 saturated heterocycles. The summed E-state index contributed by atoms with van der Waals surface area (Å²) >= 11 is 1.36. The molecule has 0 aliphatic heterocycles. The van der Waals surface area contributed by atoms with Gasteiger partial charge in [-0.1, -0.05) is 11.2 Å². The van der Waals surface area contributed by atoms with Crippen LogP contribution >= 0.6 is 11.3 Å². The number of sulfonamides is 1. The lowest BCUT2D eigenvalue weighted by Gasteiger charge is -2.08. The molecule has 2 aromatic heterocycles. The lowest BCUT2D eigenvalue weighted by atomic mass is 10.2. The van der Waals surface area contributed by atoms with Crippen molar-refractivity contribution in [2.75, 3.05) is 0 Å². The molecule has 0 spiro atoms. The van der Waals surface area contributed by atoms with Crippen LogP contribution in [0.15, 0.2) is 57.6 Å². The Balaban J connectivity index is 1.68. The molecule has 2 N–H and O–H groups in total. The SMILES string of the molecule is O=C(NCc1ccon1)c1cccc(S(=O)(=O)NCc2nccs2)c1. The molecular formula is C15H14N4O4S2. The molecule has 25 heavy (non-hydrogen) atoms. The summed E-state index contributed by atoms with van der Waals surface area (Å²) in [6.45, 7) is 0.289. The molecule has 8 nitrogen and oxygen atoms in total. The summed E-state index contributed by atoms with van der Waals surface area (Å²) in [6.07, 6.45) is 3.01. The van der Waals surface area contributed by atoms with E-state index in [1.165, 1.54) is 41.9 Å². The second-order valence-electron chi connectivity index (χ2n) is 4.95. The number of carbonyl (C=O) groups excluding carboxylic acids is 1. The van der Waals surface area contributed by atoms with Crippen molar-refractivity contribution in [3.8, 4) is 0 Å². The van der Waals surface area contributed by atoms with E-state index in [1.807, 2.05) is 0 Å². The minimum atomic E-state index is -3.74. The highest BCUT2D eigenvalue weighted by molar-refractivity contribution is 7.89. The fourth-order valence-electron chi connectivity index (χ4n) is 1.99. The van der Waals surface area contributed by atoms with Gasteiger partial charge in [-0.25, -0.2) is 18.1 Å². The fraction of sp³-hybridized carbons (Fsp3) is 0.133. The number of benzene rings is 1. The van der Waals surface area contributed by atoms with E-state index in [0.717, 1.165) is 0 Å². The lowest BCUT2D eigenvalue weighted by molar-refractivity contribution is 0.0950. The maximum absolute atomic E-state index is 12.4. The van der Waals surface area contributed by atoms with Gasteiger partial charge in [0.2, 0.25) is 10.0 Å². The monoisotopic (exact) mass is 378 g/mol. The molecule has 0 atom stereocenters. The molecule has 0 unspecified atom stereocenters. The largest absolute Gasteiger partial charge is 0.364 e. The standard InChI is InChI=1S/C15H14N4O4S2/c20-15(17-9-12-4-6-23-19-12)11-2-1-3-13(8-11)25(21,22)18-10-14-16-5-7-24-14/h1-8,18H,9-10H2,(H,17,20). The summed E-state index contributed by atoms with van der Waals surface area (Å²) in [5, 5.41) is 8.76. The Morgan fingerprint density at radius 1 is 1.24 bits per heavy atom. The van der Waals surface area contributed by atoms with E-state index in [0.29, 0.717) is 10.7 Å². The molecule has 130 valence electrons. The highest BCUT2D eigenvalue weighted by atomic mass is 32.2. The quantitative estimate of drug-likeness (QED) is 0.645. The average molecular weight is 378 g/mol. The first-order valence-corrected chi connectivity index (χ1v) is 9.56. The first-order chi connectivity index (χ1) is 12.0. The number of carbonyl (C=O) groups is 1. The third-order valence-electron chi connectivity index (χ3n) is 3.22. The minimum absolute atomic E-state index is 0.0122. The number of nitrogens with zero attached hydrogens (tertiary/aromatic N) is 2. The second kappa shape index (κ2) is 7.55. The highest BCUT2D eigenvalue weighted by Crippen LogP contribution is 2.13. The zero-order valence-corrected chi connectivity index (χ0v) is 14.5. The topological polar surface area (TPSA) is 114 Å². The Labute approximate surface area is 147 Å². The normalized spacial score (nSPS) is 11.4. The number of rotatable bonds is 7. The molecule has 1 amide bonds. The van der Waals surface area contributed by atoms with E-state index < -0.39 is 15.9 Å². The van der Waals surface area contributed by atoms with Gasteiger partial charge in [-0.05, 0) is 18.2 Å². The van der Waals surface area contributed by atoms with E-state index in [9.17, 15) is 13.2 Å². The Bertz CT molecular complexity index is 938. The van der Waals surface area contributed by atoms with Crippen molar-refractivity contribution in [2.45, 2.75) is 18.0 Å². The van der Waals surface area contributed by atoms with Crippen molar-refractivity contribution >= 4 is 27.3 Å². The minimum Gasteiger partial charge on any atom is -0.364 e. The van der Waals surface area contributed by atoms with Crippen molar-refractivity contribution in [1.82, 2.24) is 20.2 Å². The third-order valence-corrected chi connectivity index (χ3v) is 5.40. The van der Waals surface area contributed by atoms with E-state index in [4.69, 9.17) is 0 Å². The van der Waals surface area contributed by atoms with Crippen LogP contribution in [0, 0.1) is 0 Å². The van der Waals surface area contributed by atoms with Crippen LogP contribution < -0.4 is 10.0 Å². The smallest absolute Gasteiger partial charge is 0.251 e. The molecule has 2 heterocycles. The van der Waals surface area contributed by atoms with Crippen molar-refractivity contribution in [3.05, 3.63) is 64.4 Å². The van der Waals surface area contributed by atoms with Gasteiger partial charge in [0, 0.05) is 23.2 Å². The van der Waals surface area contributed by atoms with Crippen LogP contribution in [0.4, 0.5) is 0 Å². The van der Waals surface area contributed by atoms with Gasteiger partial charge in [-0.3, -0.25) is 4.79 Å². The fourth-order valence-corrected chi connectivity index (χ4v) is 3.67. The maximum Gasteiger partial charge on any atom is 0.251 e. The Hall–Kier alpha value is -2.56. The van der Waals surface area contributed by atoms with Gasteiger partial charge in [-0.15, -0.1) is 11.3 Å². The number of hydrogen-bond donors (Lipinski definition) is 2. The lowest BCUT2D eigenvalue weighted by Crippen LogP contribution is -2.25. The zero-order valence-electron chi connectivity index (χ0n) is 12.9. The van der Waals surface area contributed by atoms with Gasteiger partial charge in [0.15, 0.2) is 0 Å². The molecule has 0 saturated carbocycles. The van der Waals surface area contributed by atoms with E-state index >= 15 is 0 Å². The molecule has 3 rings (SSSR count). The van der Waals surface area contributed by atoms with Gasteiger partial charge in [0.25, 0.3) is 5.91 Å². The first-order valence-electron chi connectivity index (χ1n) is 7.20. The van der Waals surface area contributed by atoms with Gasteiger partial charge in [0.05, 0.1) is 18.0 Å². The molecule has 10 heteroatoms. The Morgan fingerprint density at radius 2 is 2.12 bits per heavy atom. The van der Waals surface area contributed by atoms with Crippen LogP contribution in [0.3, 0.4) is 0 Å². The highest BCUT2D eigenvalue weighted by Gasteiger charge is 2.16. The van der Waals surface area contributed by atoms with Gasteiger partial charge >= 0.3 is 0 Å². The van der Waals surface area contributed by atoms with Crippen molar-refractivity contribution < 1.29 is 17.7 Å². The van der Waals surface area contributed by atoms with Crippen LogP contribution in [0.5, 0.6) is 0 Å². The summed E-state index contributed by atoms with van der Waals surface area (Å²) in [5.41, 5.74) is 0.808. The molecule has 0 bridgehead atoms. The predicted molar refractivity (Wildman–Crippen MR) is 90.3 cm³/mol. The summed E-state index contributed by atoms with van der Waals surface area (Å²) in [4.78, 5) is 16.2. The summed E-state index contributed by atoms with van der Waals surface area (Å²) in [7, 11) is -3.74. The van der Waals surface area contributed by atoms with Crippen molar-refractivity contribution in [3.63, 3.8) is 0 Å². The maximum atomic E-state index is 12.4. The predicted octanol–water partition coefficient (Wildman–Crippen LogP) is 1.54. The zero-order chi connectivity index (χ0) is 17.7. The molecule has 3 aromatic rings. The molecule has 0 aliphatic carbocycles. The van der Waals surface area contributed by atoms with Gasteiger partial charge in [-0.2, -0.15) is 0 Å². The van der Waals surface area contributed by atoms with Crippen LogP contribution in [0.25, 0.3) is 0 Å². The molecule has 0 fully saturated rings. The van der Waals surface area contributed by atoms with Gasteiger partial charge in [0.1, 0.15) is 17.0 Å². The van der Waals surface area contributed by atoms with E-state index in [2.05, 4.69) is 24.7 Å². The Morgan fingerprint density at radius 3 is 2.84 bits per heavy atom. The first kappa shape index (κ1) is 17.3. The van der Waals surface area contributed by atoms with Crippen LogP contribution in [0.2, 0.25) is 0 Å². The van der Waals surface area contributed by atoms with E-state index in [1.54, 1.807) is 17.6 Å². The van der Waals surface area contributed by atoms with Crippen molar-refractivity contribution in [1.29, 1.82) is 0 Å². The van der Waals surface area contributed by atoms with Crippen LogP contribution in [-0.4, -0.2) is 24.5 Å². The van der Waals surface area contributed by atoms with Crippen LogP contribution in [0.1, 0.15) is 21.1 Å². The number of thiazole rings is 1. The molecule has 0 aliphatic rings. The second-order valence-corrected chi connectivity index (χ2v) is 7.70. The summed E-state index contributed by atoms with van der Waals surface area (Å²) in [6, 6.07) is 7.44. The summed E-state index contributed by atoms with van der Waals surface area (Å²) in [5.74, 6) is -0.403. The number of hydrogen-bond acceptors (Lipinski definition) is 7. The number of aromatic nitrogens is 2. The summed E-state index contributed by atoms with van der Waals surface area (Å²) < 4.78 is 31.9. The van der Waals surface area contributed by atoms with E-state index in [-0.39, 0.29) is 23.5 Å². The number of amides is 1. The average Bonchev–Trinajstić information content (AvgIpc) is 3.31. The molecule has 0 radical (unpaired) electrons. The van der Waals surface area contributed by atoms with Gasteiger partial charge < -0.3 is 9.84 Å². The van der Waals surface area contributed by atoms with Crippen LogP contribution in [-0.2, 0) is 23.1 Å². The molecular weight excluding hydrogens is 364 g/mol. The molecule has 1 aromatic carbocycles. The third kappa shape index (κ3) is 4.50. The number of nitrogens with one attached hydrogen (secondary N) is 2. The van der Waals surface area contributed by atoms with Crippen molar-refractivity contribution in [2.24, 2.45) is 0 Å².